The molecular formula is C12H16NO8P. The lowest BCUT2D eigenvalue weighted by Crippen LogP contribution is -2.42. The first-order valence-corrected chi connectivity index (χ1v) is 7.51. The number of carbonyl (C=O) groups excluding carboxylic acids is 1. The lowest BCUT2D eigenvalue weighted by Gasteiger charge is -2.14. The number of phosphoric acid groups is 1. The summed E-state index contributed by atoms with van der Waals surface area (Å²) in [5.74, 6) is -1.13. The Morgan fingerprint density at radius 3 is 2.32 bits per heavy atom. The normalized spacial score (nSPS) is 14.5. The lowest BCUT2D eigenvalue weighted by atomic mass is 10.1. The number of methoxy groups -OCH3 is 1. The van der Waals surface area contributed by atoms with Gasteiger partial charge >= 0.3 is 19.9 Å². The van der Waals surface area contributed by atoms with Crippen LogP contribution in [-0.4, -0.2) is 42.3 Å². The Kier molecular flexibility index (Phi) is 6.36. The fourth-order valence-electron chi connectivity index (χ4n) is 1.49. The maximum Gasteiger partial charge on any atom is 0.527 e. The van der Waals surface area contributed by atoms with E-state index in [0.29, 0.717) is 5.56 Å². The Morgan fingerprint density at radius 2 is 1.86 bits per heavy atom. The van der Waals surface area contributed by atoms with Gasteiger partial charge in [0.05, 0.1) is 7.11 Å². The summed E-state index contributed by atoms with van der Waals surface area (Å²) in [6, 6.07) is 4.60. The SMILES string of the molecule is COC(=O)NC(Cc1ccc(OP(=O)(O)OC)cc1)C(=O)O. The molecule has 0 heterocycles. The van der Waals surface area contributed by atoms with Crippen molar-refractivity contribution in [3.05, 3.63) is 29.8 Å². The Morgan fingerprint density at radius 1 is 1.27 bits per heavy atom. The van der Waals surface area contributed by atoms with E-state index in [9.17, 15) is 14.2 Å². The Balaban J connectivity index is 2.75. The number of benzene rings is 1. The van der Waals surface area contributed by atoms with Gasteiger partial charge in [0.15, 0.2) is 0 Å². The minimum Gasteiger partial charge on any atom is -0.480 e. The Hall–Kier alpha value is -2.09. The molecule has 0 saturated carbocycles. The Bertz CT molecular complexity index is 573. The summed E-state index contributed by atoms with van der Waals surface area (Å²) >= 11 is 0. The number of carboxylic acid groups (broad SMARTS) is 1. The van der Waals surface area contributed by atoms with Crippen molar-refractivity contribution in [3.63, 3.8) is 0 Å². The largest absolute Gasteiger partial charge is 0.527 e. The topological polar surface area (TPSA) is 131 Å². The van der Waals surface area contributed by atoms with Crippen molar-refractivity contribution in [2.24, 2.45) is 0 Å². The van der Waals surface area contributed by atoms with Crippen LogP contribution in [0.1, 0.15) is 5.56 Å². The molecule has 3 N–H and O–H groups in total. The van der Waals surface area contributed by atoms with E-state index >= 15 is 0 Å². The van der Waals surface area contributed by atoms with E-state index in [0.717, 1.165) is 14.2 Å². The molecule has 0 aliphatic rings. The molecule has 1 amide bonds. The molecule has 0 fully saturated rings. The van der Waals surface area contributed by atoms with E-state index in [1.165, 1.54) is 24.3 Å². The minimum absolute atomic E-state index is 0.00573. The third-order valence-electron chi connectivity index (χ3n) is 2.59. The van der Waals surface area contributed by atoms with Gasteiger partial charge in [-0.2, -0.15) is 0 Å². The van der Waals surface area contributed by atoms with E-state index in [-0.39, 0.29) is 12.2 Å². The van der Waals surface area contributed by atoms with Crippen molar-refractivity contribution < 1.29 is 37.9 Å². The fourth-order valence-corrected chi connectivity index (χ4v) is 1.96. The van der Waals surface area contributed by atoms with E-state index < -0.39 is 25.9 Å². The number of nitrogens with one attached hydrogen (secondary N) is 1. The predicted octanol–water partition coefficient (Wildman–Crippen LogP) is 1.16. The summed E-state index contributed by atoms with van der Waals surface area (Å²) in [7, 11) is -1.98. The summed E-state index contributed by atoms with van der Waals surface area (Å²) in [5.41, 5.74) is 0.571. The van der Waals surface area contributed by atoms with Crippen molar-refractivity contribution in [2.75, 3.05) is 14.2 Å². The molecule has 0 aliphatic heterocycles. The fraction of sp³-hybridized carbons (Fsp3) is 0.333. The summed E-state index contributed by atoms with van der Waals surface area (Å²) < 4.78 is 24.6. The van der Waals surface area contributed by atoms with Gasteiger partial charge in [-0.3, -0.25) is 9.42 Å². The molecule has 10 heteroatoms. The molecule has 2 atom stereocenters. The Labute approximate surface area is 126 Å². The van der Waals surface area contributed by atoms with E-state index in [1.807, 2.05) is 0 Å². The van der Waals surface area contributed by atoms with Crippen LogP contribution < -0.4 is 9.84 Å². The van der Waals surface area contributed by atoms with Crippen molar-refractivity contribution >= 4 is 19.9 Å². The number of aliphatic carboxylic acids is 1. The quantitative estimate of drug-likeness (QED) is 0.634. The number of amides is 1. The highest BCUT2D eigenvalue weighted by molar-refractivity contribution is 7.47. The number of carboxylic acids is 1. The average molecular weight is 333 g/mol. The second-order valence-electron chi connectivity index (χ2n) is 4.12. The highest BCUT2D eigenvalue weighted by Crippen LogP contribution is 2.42. The van der Waals surface area contributed by atoms with Crippen LogP contribution in [0.4, 0.5) is 4.79 Å². The highest BCUT2D eigenvalue weighted by Gasteiger charge is 2.22. The second kappa shape index (κ2) is 7.79. The number of alkyl carbamates (subject to hydrolysis) is 1. The number of hydrogen-bond donors (Lipinski definition) is 3. The first-order chi connectivity index (χ1) is 10.3. The molecule has 9 nitrogen and oxygen atoms in total. The molecule has 1 aromatic carbocycles. The van der Waals surface area contributed by atoms with Crippen molar-refractivity contribution in [1.29, 1.82) is 0 Å². The number of hydrogen-bond acceptors (Lipinski definition) is 6. The summed E-state index contributed by atoms with van der Waals surface area (Å²) in [6.07, 6.45) is -0.847. The average Bonchev–Trinajstić information content (AvgIpc) is 2.47. The maximum atomic E-state index is 11.2. The van der Waals surface area contributed by atoms with Crippen LogP contribution in [0, 0.1) is 0 Å². The lowest BCUT2D eigenvalue weighted by molar-refractivity contribution is -0.139. The molecule has 0 radical (unpaired) electrons. The van der Waals surface area contributed by atoms with E-state index in [1.54, 1.807) is 0 Å². The van der Waals surface area contributed by atoms with Crippen LogP contribution in [-0.2, 0) is 25.0 Å². The van der Waals surface area contributed by atoms with Gasteiger partial charge in [-0.05, 0) is 17.7 Å². The van der Waals surface area contributed by atoms with Gasteiger partial charge in [-0.25, -0.2) is 14.2 Å². The zero-order valence-electron chi connectivity index (χ0n) is 11.9. The smallest absolute Gasteiger partial charge is 0.480 e. The van der Waals surface area contributed by atoms with E-state index in [4.69, 9.17) is 14.5 Å². The molecule has 22 heavy (non-hydrogen) atoms. The monoisotopic (exact) mass is 333 g/mol. The van der Waals surface area contributed by atoms with Crippen molar-refractivity contribution in [2.45, 2.75) is 12.5 Å². The van der Waals surface area contributed by atoms with Gasteiger partial charge in [0.25, 0.3) is 0 Å². The zero-order chi connectivity index (χ0) is 16.8. The van der Waals surface area contributed by atoms with Crippen LogP contribution in [0.5, 0.6) is 5.75 Å². The molecule has 0 bridgehead atoms. The summed E-state index contributed by atoms with van der Waals surface area (Å²) in [6.45, 7) is 0. The highest BCUT2D eigenvalue weighted by atomic mass is 31.2. The van der Waals surface area contributed by atoms with Gasteiger partial charge < -0.3 is 19.7 Å². The summed E-state index contributed by atoms with van der Waals surface area (Å²) in [4.78, 5) is 31.3. The maximum absolute atomic E-state index is 11.2. The molecule has 122 valence electrons. The van der Waals surface area contributed by atoms with Crippen LogP contribution in [0.15, 0.2) is 24.3 Å². The van der Waals surface area contributed by atoms with E-state index in [2.05, 4.69) is 14.6 Å². The molecule has 0 aromatic heterocycles. The number of rotatable bonds is 7. The first kappa shape index (κ1) is 18.0. The zero-order valence-corrected chi connectivity index (χ0v) is 12.8. The molecule has 1 aromatic rings. The van der Waals surface area contributed by atoms with Crippen LogP contribution in [0.3, 0.4) is 0 Å². The molecule has 2 unspecified atom stereocenters. The van der Waals surface area contributed by atoms with Gasteiger partial charge in [-0.1, -0.05) is 12.1 Å². The number of carbonyl (C=O) groups is 2. The molecular weight excluding hydrogens is 317 g/mol. The minimum atomic E-state index is -4.14. The number of phosphoric ester groups is 1. The standard InChI is InChI=1S/C12H16NO8P/c1-19-12(16)13-10(11(14)15)7-8-3-5-9(6-4-8)21-22(17,18)20-2/h3-6,10H,7H2,1-2H3,(H,13,16)(H,14,15)(H,17,18). The number of ether oxygens (including phenoxy) is 1. The van der Waals surface area contributed by atoms with Gasteiger partial charge in [-0.15, -0.1) is 0 Å². The molecule has 0 spiro atoms. The van der Waals surface area contributed by atoms with Gasteiger partial charge in [0, 0.05) is 13.5 Å². The summed E-state index contributed by atoms with van der Waals surface area (Å²) in [5, 5.41) is 11.2. The van der Waals surface area contributed by atoms with Crippen molar-refractivity contribution in [1.82, 2.24) is 5.32 Å². The van der Waals surface area contributed by atoms with Crippen LogP contribution in [0.25, 0.3) is 0 Å². The first-order valence-electron chi connectivity index (χ1n) is 6.01. The third-order valence-corrected chi connectivity index (χ3v) is 3.49. The second-order valence-corrected chi connectivity index (χ2v) is 5.60. The van der Waals surface area contributed by atoms with Gasteiger partial charge in [0.1, 0.15) is 11.8 Å². The predicted molar refractivity (Wildman–Crippen MR) is 74.6 cm³/mol. The van der Waals surface area contributed by atoms with Crippen LogP contribution in [0.2, 0.25) is 0 Å². The molecule has 1 rings (SSSR count). The molecule has 0 saturated heterocycles. The van der Waals surface area contributed by atoms with Gasteiger partial charge in [0.2, 0.25) is 0 Å². The van der Waals surface area contributed by atoms with Crippen molar-refractivity contribution in [3.8, 4) is 5.75 Å². The third kappa shape index (κ3) is 5.72. The van der Waals surface area contributed by atoms with Crippen LogP contribution >= 0.6 is 7.82 Å². The molecule has 0 aliphatic carbocycles.